The second-order valence-corrected chi connectivity index (χ2v) is 8.89. The van der Waals surface area contributed by atoms with Gasteiger partial charge >= 0.3 is 0 Å². The van der Waals surface area contributed by atoms with E-state index in [1.54, 1.807) is 0 Å². The van der Waals surface area contributed by atoms with Gasteiger partial charge in [-0.15, -0.1) is 0 Å². The first-order valence-electron chi connectivity index (χ1n) is 7.74. The van der Waals surface area contributed by atoms with Crippen LogP contribution in [0.15, 0.2) is 0 Å². The maximum Gasteiger partial charge on any atom is 0.173 e. The predicted molar refractivity (Wildman–Crippen MR) is 79.6 cm³/mol. The Balaban J connectivity index is 2.41. The van der Waals surface area contributed by atoms with E-state index in [0.717, 1.165) is 19.3 Å². The van der Waals surface area contributed by atoms with Gasteiger partial charge in [-0.1, -0.05) is 35.6 Å². The van der Waals surface area contributed by atoms with Crippen molar-refractivity contribution in [1.82, 2.24) is 0 Å². The van der Waals surface area contributed by atoms with Crippen LogP contribution >= 0.6 is 7.92 Å². The highest BCUT2D eigenvalue weighted by Crippen LogP contribution is 2.67. The van der Waals surface area contributed by atoms with Crippen LogP contribution in [-0.4, -0.2) is 34.3 Å². The maximum absolute atomic E-state index is 10.8. The first-order chi connectivity index (χ1) is 8.88. The molecule has 2 bridgehead atoms. The van der Waals surface area contributed by atoms with Crippen molar-refractivity contribution >= 4 is 7.92 Å². The minimum atomic E-state index is -1.00. The summed E-state index contributed by atoms with van der Waals surface area (Å²) in [5, 5.41) is 10.6. The molecule has 5 atom stereocenters. The van der Waals surface area contributed by atoms with E-state index in [0.29, 0.717) is 18.5 Å². The van der Waals surface area contributed by atoms with Gasteiger partial charge in [0.2, 0.25) is 0 Å². The lowest BCUT2D eigenvalue weighted by molar-refractivity contribution is -0.418. The standard InChI is InChI=1S/C15H29O3P/c1-6-12-10-14(8-3)17-13(16,7-2)11-15(9-4,18-14)19(12)5/h12,16H,6-11H2,1-5H3. The van der Waals surface area contributed by atoms with Crippen molar-refractivity contribution < 1.29 is 14.6 Å². The van der Waals surface area contributed by atoms with E-state index < -0.39 is 11.6 Å². The van der Waals surface area contributed by atoms with Crippen LogP contribution in [0.2, 0.25) is 0 Å². The van der Waals surface area contributed by atoms with Crippen LogP contribution in [0.5, 0.6) is 0 Å². The van der Waals surface area contributed by atoms with Crippen molar-refractivity contribution in [3.8, 4) is 0 Å². The van der Waals surface area contributed by atoms with Crippen molar-refractivity contribution in [3.63, 3.8) is 0 Å². The molecule has 3 nitrogen and oxygen atoms in total. The van der Waals surface area contributed by atoms with E-state index >= 15 is 0 Å². The summed E-state index contributed by atoms with van der Waals surface area (Å²) in [5.74, 6) is -1.56. The molecule has 2 fully saturated rings. The Labute approximate surface area is 118 Å². The van der Waals surface area contributed by atoms with Crippen molar-refractivity contribution in [2.24, 2.45) is 0 Å². The normalized spacial score (nSPS) is 50.2. The Bertz CT molecular complexity index is 333. The Morgan fingerprint density at radius 3 is 2.26 bits per heavy atom. The zero-order valence-corrected chi connectivity index (χ0v) is 13.9. The highest BCUT2D eigenvalue weighted by Gasteiger charge is 2.61. The van der Waals surface area contributed by atoms with E-state index in [2.05, 4.69) is 27.4 Å². The molecule has 0 aromatic heterocycles. The smallest absolute Gasteiger partial charge is 0.173 e. The number of hydrogen-bond acceptors (Lipinski definition) is 3. The molecule has 0 saturated carbocycles. The largest absolute Gasteiger partial charge is 0.365 e. The van der Waals surface area contributed by atoms with Gasteiger partial charge in [-0.2, -0.15) is 0 Å². The monoisotopic (exact) mass is 288 g/mol. The van der Waals surface area contributed by atoms with Gasteiger partial charge in [-0.3, -0.25) is 0 Å². The van der Waals surface area contributed by atoms with Gasteiger partial charge in [0.1, 0.15) is 0 Å². The number of rotatable bonds is 4. The van der Waals surface area contributed by atoms with E-state index in [4.69, 9.17) is 9.47 Å². The molecule has 2 aliphatic rings. The highest BCUT2D eigenvalue weighted by molar-refractivity contribution is 7.59. The molecular weight excluding hydrogens is 259 g/mol. The van der Waals surface area contributed by atoms with Gasteiger partial charge in [0.25, 0.3) is 0 Å². The fourth-order valence-corrected chi connectivity index (χ4v) is 6.75. The van der Waals surface area contributed by atoms with E-state index in [-0.39, 0.29) is 13.3 Å². The lowest BCUT2D eigenvalue weighted by Gasteiger charge is -2.61. The quantitative estimate of drug-likeness (QED) is 0.794. The molecule has 19 heavy (non-hydrogen) atoms. The van der Waals surface area contributed by atoms with Crippen LogP contribution in [-0.2, 0) is 9.47 Å². The SMILES string of the molecule is CCC1CC2(CC)OC(O)(CC)CC(CC)(O2)P1C. The van der Waals surface area contributed by atoms with Gasteiger partial charge in [0.15, 0.2) is 11.6 Å². The molecule has 0 aromatic carbocycles. The first kappa shape index (κ1) is 15.7. The fourth-order valence-electron chi connectivity index (χ4n) is 3.68. The molecule has 2 aliphatic heterocycles. The van der Waals surface area contributed by atoms with Gasteiger partial charge in [-0.25, -0.2) is 0 Å². The zero-order chi connectivity index (χ0) is 14.3. The average Bonchev–Trinajstić information content (AvgIpc) is 2.42. The Morgan fingerprint density at radius 1 is 1.11 bits per heavy atom. The van der Waals surface area contributed by atoms with Gasteiger partial charge < -0.3 is 14.6 Å². The molecule has 1 N–H and O–H groups in total. The van der Waals surface area contributed by atoms with Crippen LogP contribution in [0, 0.1) is 0 Å². The van der Waals surface area contributed by atoms with Crippen molar-refractivity contribution in [1.29, 1.82) is 0 Å². The van der Waals surface area contributed by atoms with Crippen LogP contribution in [0.25, 0.3) is 0 Å². The first-order valence-corrected chi connectivity index (χ1v) is 9.59. The predicted octanol–water partition coefficient (Wildman–Crippen LogP) is 4.03. The van der Waals surface area contributed by atoms with E-state index in [9.17, 15) is 5.11 Å². The van der Waals surface area contributed by atoms with Crippen LogP contribution in [0.1, 0.15) is 66.2 Å². The summed E-state index contributed by atoms with van der Waals surface area (Å²) in [4.78, 5) is 0. The van der Waals surface area contributed by atoms with Crippen molar-refractivity contribution in [2.45, 2.75) is 88.8 Å². The molecule has 0 aromatic rings. The minimum Gasteiger partial charge on any atom is -0.365 e. The minimum absolute atomic E-state index is 0.159. The number of ether oxygens (including phenoxy) is 2. The molecule has 0 aliphatic carbocycles. The molecule has 0 spiro atoms. The summed E-state index contributed by atoms with van der Waals surface area (Å²) in [5.41, 5.74) is 0.685. The number of fused-ring (bicyclic) bond motifs is 2. The number of aliphatic hydroxyl groups is 1. The molecule has 4 heteroatoms. The van der Waals surface area contributed by atoms with Crippen LogP contribution in [0.3, 0.4) is 0 Å². The number of hydrogen-bond donors (Lipinski definition) is 1. The third kappa shape index (κ3) is 2.48. The van der Waals surface area contributed by atoms with Crippen molar-refractivity contribution in [2.75, 3.05) is 6.66 Å². The zero-order valence-electron chi connectivity index (χ0n) is 13.0. The Morgan fingerprint density at radius 2 is 1.79 bits per heavy atom. The summed E-state index contributed by atoms with van der Waals surface area (Å²) < 4.78 is 12.6. The molecule has 112 valence electrons. The van der Waals surface area contributed by atoms with Gasteiger partial charge in [0, 0.05) is 12.8 Å². The fraction of sp³-hybridized carbons (Fsp3) is 1.00. The Kier molecular flexibility index (Phi) is 4.34. The van der Waals surface area contributed by atoms with E-state index in [1.165, 1.54) is 6.42 Å². The lowest BCUT2D eigenvalue weighted by atomic mass is 9.95. The molecule has 2 saturated heterocycles. The molecule has 5 unspecified atom stereocenters. The second kappa shape index (κ2) is 5.26. The van der Waals surface area contributed by atoms with Gasteiger partial charge in [0.05, 0.1) is 5.34 Å². The maximum atomic E-state index is 10.8. The molecule has 2 heterocycles. The van der Waals surface area contributed by atoms with Crippen molar-refractivity contribution in [3.05, 3.63) is 0 Å². The molecule has 0 amide bonds. The lowest BCUT2D eigenvalue weighted by Crippen LogP contribution is -2.63. The average molecular weight is 288 g/mol. The van der Waals surface area contributed by atoms with E-state index in [1.807, 2.05) is 6.92 Å². The summed E-state index contributed by atoms with van der Waals surface area (Å²) in [6.45, 7) is 10.9. The highest BCUT2D eigenvalue weighted by atomic mass is 31.1. The summed E-state index contributed by atoms with van der Waals surface area (Å²) in [6.07, 6.45) is 5.18. The molecule has 0 radical (unpaired) electrons. The molecule has 2 rings (SSSR count). The summed E-state index contributed by atoms with van der Waals surface area (Å²) >= 11 is 0. The topological polar surface area (TPSA) is 38.7 Å². The third-order valence-corrected chi connectivity index (χ3v) is 8.65. The summed E-state index contributed by atoms with van der Waals surface area (Å²) in [7, 11) is -0.242. The van der Waals surface area contributed by atoms with Gasteiger partial charge in [-0.05, 0) is 38.0 Å². The van der Waals surface area contributed by atoms with Crippen LogP contribution in [0.4, 0.5) is 0 Å². The van der Waals surface area contributed by atoms with Crippen LogP contribution < -0.4 is 0 Å². The molecular formula is C15H29O3P. The summed E-state index contributed by atoms with van der Waals surface area (Å²) in [6, 6.07) is 0. The third-order valence-electron chi connectivity index (χ3n) is 5.16. The second-order valence-electron chi connectivity index (χ2n) is 6.12. The Hall–Kier alpha value is 0.310.